The fourth-order valence-electron chi connectivity index (χ4n) is 1.67. The molecular formula is C14H21FN2O3. The molecule has 0 aliphatic heterocycles. The van der Waals surface area contributed by atoms with Crippen molar-refractivity contribution in [2.75, 3.05) is 33.9 Å². The molecule has 0 aliphatic rings. The van der Waals surface area contributed by atoms with Crippen molar-refractivity contribution in [2.24, 2.45) is 0 Å². The second kappa shape index (κ2) is 8.50. The lowest BCUT2D eigenvalue weighted by atomic mass is 10.1. The maximum atomic E-state index is 13.6. The number of methoxy groups -OCH3 is 2. The van der Waals surface area contributed by atoms with Gasteiger partial charge in [0.15, 0.2) is 11.6 Å². The average Bonchev–Trinajstić information content (AvgIpc) is 2.45. The zero-order chi connectivity index (χ0) is 15.0. The number of amides is 1. The Morgan fingerprint density at radius 2 is 2.15 bits per heavy atom. The summed E-state index contributed by atoms with van der Waals surface area (Å²) in [4.78, 5) is 11.5. The normalized spacial score (nSPS) is 12.0. The number of benzene rings is 1. The maximum absolute atomic E-state index is 13.6. The average molecular weight is 284 g/mol. The number of hydrogen-bond acceptors (Lipinski definition) is 4. The lowest BCUT2D eigenvalue weighted by Gasteiger charge is -2.15. The molecule has 0 aliphatic carbocycles. The Kier molecular flexibility index (Phi) is 6.97. The summed E-state index contributed by atoms with van der Waals surface area (Å²) < 4.78 is 23.3. The molecule has 1 amide bonds. The summed E-state index contributed by atoms with van der Waals surface area (Å²) >= 11 is 0. The standard InChI is InChI=1S/C14H21FN2O3/c1-10(17-9-14(18)16-6-7-19-2)11-4-5-13(20-3)12(15)8-11/h4-5,8,10,17H,6-7,9H2,1-3H3,(H,16,18). The van der Waals surface area contributed by atoms with Gasteiger partial charge in [-0.05, 0) is 24.6 Å². The van der Waals surface area contributed by atoms with Crippen LogP contribution >= 0.6 is 0 Å². The summed E-state index contributed by atoms with van der Waals surface area (Å²) in [5, 5.41) is 5.73. The summed E-state index contributed by atoms with van der Waals surface area (Å²) in [6.07, 6.45) is 0. The molecule has 0 spiro atoms. The van der Waals surface area contributed by atoms with Crippen LogP contribution in [0.15, 0.2) is 18.2 Å². The van der Waals surface area contributed by atoms with Crippen LogP contribution in [-0.4, -0.2) is 39.8 Å². The van der Waals surface area contributed by atoms with Gasteiger partial charge in [0, 0.05) is 19.7 Å². The third-order valence-corrected chi connectivity index (χ3v) is 2.87. The molecule has 0 saturated carbocycles. The smallest absolute Gasteiger partial charge is 0.234 e. The van der Waals surface area contributed by atoms with Gasteiger partial charge in [-0.3, -0.25) is 4.79 Å². The Hall–Kier alpha value is -1.66. The summed E-state index contributed by atoms with van der Waals surface area (Å²) in [5.41, 5.74) is 0.757. The van der Waals surface area contributed by atoms with Gasteiger partial charge < -0.3 is 20.1 Å². The van der Waals surface area contributed by atoms with Crippen LogP contribution in [0.3, 0.4) is 0 Å². The first-order chi connectivity index (χ1) is 9.58. The Morgan fingerprint density at radius 3 is 2.75 bits per heavy atom. The molecule has 1 aromatic carbocycles. The molecule has 1 atom stereocenters. The topological polar surface area (TPSA) is 59.6 Å². The van der Waals surface area contributed by atoms with Crippen LogP contribution in [0.4, 0.5) is 4.39 Å². The predicted octanol–water partition coefficient (Wildman–Crippen LogP) is 1.25. The predicted molar refractivity (Wildman–Crippen MR) is 74.3 cm³/mol. The Balaban J connectivity index is 2.44. The highest BCUT2D eigenvalue weighted by atomic mass is 19.1. The second-order valence-corrected chi connectivity index (χ2v) is 4.34. The van der Waals surface area contributed by atoms with E-state index in [0.717, 1.165) is 5.56 Å². The van der Waals surface area contributed by atoms with Crippen LogP contribution in [0.2, 0.25) is 0 Å². The number of hydrogen-bond donors (Lipinski definition) is 2. The first-order valence-corrected chi connectivity index (χ1v) is 6.41. The number of rotatable bonds is 8. The Morgan fingerprint density at radius 1 is 1.40 bits per heavy atom. The third kappa shape index (κ3) is 5.14. The molecule has 2 N–H and O–H groups in total. The molecule has 1 unspecified atom stereocenters. The van der Waals surface area contributed by atoms with E-state index in [9.17, 15) is 9.18 Å². The van der Waals surface area contributed by atoms with E-state index in [2.05, 4.69) is 10.6 Å². The number of carbonyl (C=O) groups excluding carboxylic acids is 1. The highest BCUT2D eigenvalue weighted by Crippen LogP contribution is 2.21. The van der Waals surface area contributed by atoms with Crippen molar-refractivity contribution in [3.05, 3.63) is 29.6 Å². The summed E-state index contributed by atoms with van der Waals surface area (Å²) in [6.45, 7) is 2.98. The van der Waals surface area contributed by atoms with Crippen LogP contribution in [0, 0.1) is 5.82 Å². The quantitative estimate of drug-likeness (QED) is 0.705. The van der Waals surface area contributed by atoms with Crippen LogP contribution in [0.1, 0.15) is 18.5 Å². The molecule has 1 rings (SSSR count). The van der Waals surface area contributed by atoms with Gasteiger partial charge in [-0.25, -0.2) is 4.39 Å². The van der Waals surface area contributed by atoms with Gasteiger partial charge in [0.2, 0.25) is 5.91 Å². The fraction of sp³-hybridized carbons (Fsp3) is 0.500. The lowest BCUT2D eigenvalue weighted by molar-refractivity contribution is -0.120. The van der Waals surface area contributed by atoms with Crippen LogP contribution in [0.25, 0.3) is 0 Å². The van der Waals surface area contributed by atoms with E-state index in [1.165, 1.54) is 13.2 Å². The molecule has 5 nitrogen and oxygen atoms in total. The van der Waals surface area contributed by atoms with E-state index in [1.54, 1.807) is 19.2 Å². The summed E-state index contributed by atoms with van der Waals surface area (Å²) in [5.74, 6) is -0.329. The van der Waals surface area contributed by atoms with Crippen LogP contribution in [0.5, 0.6) is 5.75 Å². The highest BCUT2D eigenvalue weighted by molar-refractivity contribution is 5.78. The molecule has 1 aromatic rings. The van der Waals surface area contributed by atoms with E-state index >= 15 is 0 Å². The van der Waals surface area contributed by atoms with Crippen LogP contribution in [-0.2, 0) is 9.53 Å². The molecule has 0 bridgehead atoms. The first kappa shape index (κ1) is 16.4. The molecule has 0 aromatic heterocycles. The number of nitrogens with one attached hydrogen (secondary N) is 2. The zero-order valence-electron chi connectivity index (χ0n) is 12.0. The number of ether oxygens (including phenoxy) is 2. The highest BCUT2D eigenvalue weighted by Gasteiger charge is 2.10. The molecule has 0 radical (unpaired) electrons. The lowest BCUT2D eigenvalue weighted by Crippen LogP contribution is -2.36. The zero-order valence-corrected chi connectivity index (χ0v) is 12.0. The first-order valence-electron chi connectivity index (χ1n) is 6.41. The molecule has 0 fully saturated rings. The molecule has 6 heteroatoms. The van der Waals surface area contributed by atoms with Crippen molar-refractivity contribution < 1.29 is 18.7 Å². The fourth-order valence-corrected chi connectivity index (χ4v) is 1.67. The van der Waals surface area contributed by atoms with Gasteiger partial charge in [0.25, 0.3) is 0 Å². The summed E-state index contributed by atoms with van der Waals surface area (Å²) in [6, 6.07) is 4.60. The molecule has 0 saturated heterocycles. The van der Waals surface area contributed by atoms with Crippen molar-refractivity contribution in [1.82, 2.24) is 10.6 Å². The van der Waals surface area contributed by atoms with E-state index in [1.807, 2.05) is 6.92 Å². The Bertz CT molecular complexity index is 440. The van der Waals surface area contributed by atoms with E-state index in [4.69, 9.17) is 9.47 Å². The maximum Gasteiger partial charge on any atom is 0.234 e. The minimum atomic E-state index is -0.414. The monoisotopic (exact) mass is 284 g/mol. The Labute approximate surface area is 118 Å². The number of carbonyl (C=O) groups is 1. The molecular weight excluding hydrogens is 263 g/mol. The van der Waals surface area contributed by atoms with Gasteiger partial charge >= 0.3 is 0 Å². The van der Waals surface area contributed by atoms with Crippen molar-refractivity contribution in [2.45, 2.75) is 13.0 Å². The minimum Gasteiger partial charge on any atom is -0.494 e. The van der Waals surface area contributed by atoms with E-state index in [-0.39, 0.29) is 24.2 Å². The van der Waals surface area contributed by atoms with Gasteiger partial charge in [0.1, 0.15) is 0 Å². The van der Waals surface area contributed by atoms with Gasteiger partial charge in [-0.15, -0.1) is 0 Å². The van der Waals surface area contributed by atoms with Gasteiger partial charge in [-0.2, -0.15) is 0 Å². The van der Waals surface area contributed by atoms with Crippen molar-refractivity contribution in [3.63, 3.8) is 0 Å². The number of halogens is 1. The molecule has 20 heavy (non-hydrogen) atoms. The SMILES string of the molecule is COCCNC(=O)CNC(C)c1ccc(OC)c(F)c1. The molecule has 0 heterocycles. The van der Waals surface area contributed by atoms with Gasteiger partial charge in [0.05, 0.1) is 20.3 Å². The second-order valence-electron chi connectivity index (χ2n) is 4.34. The van der Waals surface area contributed by atoms with Crippen molar-refractivity contribution in [3.8, 4) is 5.75 Å². The van der Waals surface area contributed by atoms with Crippen LogP contribution < -0.4 is 15.4 Å². The summed E-state index contributed by atoms with van der Waals surface area (Å²) in [7, 11) is 2.99. The van der Waals surface area contributed by atoms with Crippen molar-refractivity contribution in [1.29, 1.82) is 0 Å². The largest absolute Gasteiger partial charge is 0.494 e. The minimum absolute atomic E-state index is 0.122. The third-order valence-electron chi connectivity index (χ3n) is 2.87. The van der Waals surface area contributed by atoms with E-state index in [0.29, 0.717) is 13.2 Å². The van der Waals surface area contributed by atoms with Crippen molar-refractivity contribution >= 4 is 5.91 Å². The molecule has 112 valence electrons. The van der Waals surface area contributed by atoms with Gasteiger partial charge in [-0.1, -0.05) is 6.07 Å². The van der Waals surface area contributed by atoms with E-state index < -0.39 is 5.82 Å².